The number of allylic oxidation sites excluding steroid dienone is 1. The molecule has 2 aliphatic carbocycles. The number of ether oxygens (including phenoxy) is 1. The third-order valence-corrected chi connectivity index (χ3v) is 5.12. The van der Waals surface area contributed by atoms with Crippen LogP contribution in [0.2, 0.25) is 0 Å². The van der Waals surface area contributed by atoms with Crippen molar-refractivity contribution in [3.05, 3.63) is 46.5 Å². The standard InChI is InChI=1S/C21H27NO3/c1-15(20(23)22-13-12-16-6-3-2-4-7-16)25-21(24)19-11-10-17-8-5-9-18(17)14-19/h6,10-11,14-15H,2-5,7-9,12-13H2,1H3,(H,22,23)/t15-/m1/s1. The van der Waals surface area contributed by atoms with Crippen molar-refractivity contribution in [3.8, 4) is 0 Å². The van der Waals surface area contributed by atoms with Crippen LogP contribution in [-0.4, -0.2) is 24.5 Å². The minimum Gasteiger partial charge on any atom is -0.449 e. The summed E-state index contributed by atoms with van der Waals surface area (Å²) in [5.41, 5.74) is 4.51. The molecule has 25 heavy (non-hydrogen) atoms. The Kier molecular flexibility index (Phi) is 5.90. The molecule has 1 amide bonds. The van der Waals surface area contributed by atoms with Gasteiger partial charge < -0.3 is 10.1 Å². The van der Waals surface area contributed by atoms with Gasteiger partial charge in [0.1, 0.15) is 0 Å². The van der Waals surface area contributed by atoms with E-state index in [-0.39, 0.29) is 5.91 Å². The van der Waals surface area contributed by atoms with E-state index in [4.69, 9.17) is 4.74 Å². The number of aryl methyl sites for hydroxylation is 2. The zero-order chi connectivity index (χ0) is 17.6. The largest absolute Gasteiger partial charge is 0.449 e. The van der Waals surface area contributed by atoms with Crippen molar-refractivity contribution >= 4 is 11.9 Å². The van der Waals surface area contributed by atoms with Crippen LogP contribution in [-0.2, 0) is 22.4 Å². The summed E-state index contributed by atoms with van der Waals surface area (Å²) in [6.07, 6.45) is 10.4. The maximum Gasteiger partial charge on any atom is 0.338 e. The highest BCUT2D eigenvalue weighted by Crippen LogP contribution is 2.23. The first-order valence-corrected chi connectivity index (χ1v) is 9.42. The van der Waals surface area contributed by atoms with Gasteiger partial charge in [0, 0.05) is 6.54 Å². The van der Waals surface area contributed by atoms with Gasteiger partial charge in [-0.25, -0.2) is 4.79 Å². The van der Waals surface area contributed by atoms with Gasteiger partial charge in [0.25, 0.3) is 5.91 Å². The van der Waals surface area contributed by atoms with Gasteiger partial charge in [0.05, 0.1) is 5.56 Å². The molecule has 0 radical (unpaired) electrons. The molecule has 0 bridgehead atoms. The molecule has 0 fully saturated rings. The van der Waals surface area contributed by atoms with Gasteiger partial charge in [-0.15, -0.1) is 0 Å². The van der Waals surface area contributed by atoms with Gasteiger partial charge >= 0.3 is 5.97 Å². The number of nitrogens with one attached hydrogen (secondary N) is 1. The van der Waals surface area contributed by atoms with Crippen LogP contribution in [0.4, 0.5) is 0 Å². The lowest BCUT2D eigenvalue weighted by atomic mass is 9.97. The van der Waals surface area contributed by atoms with Crippen LogP contribution < -0.4 is 5.32 Å². The summed E-state index contributed by atoms with van der Waals surface area (Å²) in [5.74, 6) is -0.654. The molecule has 2 aliphatic rings. The summed E-state index contributed by atoms with van der Waals surface area (Å²) in [7, 11) is 0. The molecule has 0 aliphatic heterocycles. The molecule has 1 N–H and O–H groups in total. The average molecular weight is 341 g/mol. The Hall–Kier alpha value is -2.10. The van der Waals surface area contributed by atoms with Gasteiger partial charge in [0.2, 0.25) is 0 Å². The van der Waals surface area contributed by atoms with E-state index in [9.17, 15) is 9.59 Å². The summed E-state index contributed by atoms with van der Waals surface area (Å²) >= 11 is 0. The molecule has 0 aromatic heterocycles. The third kappa shape index (κ3) is 4.71. The number of hydrogen-bond donors (Lipinski definition) is 1. The SMILES string of the molecule is C[C@@H](OC(=O)c1ccc2c(c1)CCC2)C(=O)NCCC1=CCCCC1. The number of carbonyl (C=O) groups is 2. The molecule has 0 spiro atoms. The van der Waals surface area contributed by atoms with Crippen LogP contribution in [0.1, 0.15) is 66.9 Å². The summed E-state index contributed by atoms with van der Waals surface area (Å²) in [6, 6.07) is 5.71. The number of esters is 1. The highest BCUT2D eigenvalue weighted by molar-refractivity contribution is 5.92. The molecule has 1 aromatic carbocycles. The number of amides is 1. The zero-order valence-corrected chi connectivity index (χ0v) is 15.0. The van der Waals surface area contributed by atoms with Crippen LogP contribution in [0.15, 0.2) is 29.8 Å². The smallest absolute Gasteiger partial charge is 0.338 e. The van der Waals surface area contributed by atoms with E-state index in [1.54, 1.807) is 13.0 Å². The summed E-state index contributed by atoms with van der Waals surface area (Å²) < 4.78 is 5.33. The molecule has 4 nitrogen and oxygen atoms in total. The van der Waals surface area contributed by atoms with E-state index in [0.29, 0.717) is 12.1 Å². The summed E-state index contributed by atoms with van der Waals surface area (Å²) in [6.45, 7) is 2.23. The molecule has 4 heteroatoms. The van der Waals surface area contributed by atoms with Crippen LogP contribution in [0.3, 0.4) is 0 Å². The quantitative estimate of drug-likeness (QED) is 0.634. The van der Waals surface area contributed by atoms with E-state index < -0.39 is 12.1 Å². The molecule has 0 unspecified atom stereocenters. The highest BCUT2D eigenvalue weighted by atomic mass is 16.5. The van der Waals surface area contributed by atoms with Crippen molar-refractivity contribution in [2.75, 3.05) is 6.54 Å². The lowest BCUT2D eigenvalue weighted by Crippen LogP contribution is -2.36. The van der Waals surface area contributed by atoms with Gasteiger partial charge in [-0.3, -0.25) is 4.79 Å². The lowest BCUT2D eigenvalue weighted by molar-refractivity contribution is -0.129. The van der Waals surface area contributed by atoms with E-state index >= 15 is 0 Å². The second-order valence-corrected chi connectivity index (χ2v) is 7.03. The fraction of sp³-hybridized carbons (Fsp3) is 0.524. The first kappa shape index (κ1) is 17.7. The van der Waals surface area contributed by atoms with Gasteiger partial charge in [-0.2, -0.15) is 0 Å². The monoisotopic (exact) mass is 341 g/mol. The van der Waals surface area contributed by atoms with Gasteiger partial charge in [-0.1, -0.05) is 17.7 Å². The molecule has 0 heterocycles. The normalized spacial score (nSPS) is 17.4. The number of hydrogen-bond acceptors (Lipinski definition) is 3. The predicted molar refractivity (Wildman–Crippen MR) is 97.5 cm³/mol. The van der Waals surface area contributed by atoms with E-state index in [1.165, 1.54) is 29.5 Å². The number of carbonyl (C=O) groups excluding carboxylic acids is 2. The van der Waals surface area contributed by atoms with Crippen molar-refractivity contribution in [1.29, 1.82) is 0 Å². The molecular formula is C21H27NO3. The Morgan fingerprint density at radius 3 is 2.76 bits per heavy atom. The maximum atomic E-state index is 12.3. The first-order valence-electron chi connectivity index (χ1n) is 9.42. The molecule has 1 atom stereocenters. The lowest BCUT2D eigenvalue weighted by Gasteiger charge is -2.16. The van der Waals surface area contributed by atoms with Crippen LogP contribution in [0, 0.1) is 0 Å². The predicted octanol–water partition coefficient (Wildman–Crippen LogP) is 3.73. The number of rotatable bonds is 6. The zero-order valence-electron chi connectivity index (χ0n) is 15.0. The number of benzene rings is 1. The van der Waals surface area contributed by atoms with Crippen molar-refractivity contribution in [3.63, 3.8) is 0 Å². The van der Waals surface area contributed by atoms with Gasteiger partial charge in [0.15, 0.2) is 6.10 Å². The maximum absolute atomic E-state index is 12.3. The van der Waals surface area contributed by atoms with E-state index in [1.807, 2.05) is 12.1 Å². The molecule has 134 valence electrons. The van der Waals surface area contributed by atoms with Crippen molar-refractivity contribution in [1.82, 2.24) is 5.32 Å². The highest BCUT2D eigenvalue weighted by Gasteiger charge is 2.20. The Labute approximate surface area is 149 Å². The Morgan fingerprint density at radius 2 is 1.96 bits per heavy atom. The molecule has 3 rings (SSSR count). The Balaban J connectivity index is 1.45. The Morgan fingerprint density at radius 1 is 1.12 bits per heavy atom. The van der Waals surface area contributed by atoms with Crippen LogP contribution >= 0.6 is 0 Å². The molecule has 0 saturated carbocycles. The second kappa shape index (κ2) is 8.32. The average Bonchev–Trinajstić information content (AvgIpc) is 3.10. The van der Waals surface area contributed by atoms with Crippen molar-refractivity contribution < 1.29 is 14.3 Å². The topological polar surface area (TPSA) is 55.4 Å². The van der Waals surface area contributed by atoms with Crippen molar-refractivity contribution in [2.24, 2.45) is 0 Å². The Bertz CT molecular complexity index is 678. The van der Waals surface area contributed by atoms with Gasteiger partial charge in [-0.05, 0) is 81.5 Å². The van der Waals surface area contributed by atoms with Crippen molar-refractivity contribution in [2.45, 2.75) is 64.4 Å². The fourth-order valence-corrected chi connectivity index (χ4v) is 3.60. The second-order valence-electron chi connectivity index (χ2n) is 7.03. The molecular weight excluding hydrogens is 314 g/mol. The molecule has 0 saturated heterocycles. The summed E-state index contributed by atoms with van der Waals surface area (Å²) in [5, 5.41) is 2.87. The minimum atomic E-state index is -0.777. The first-order chi connectivity index (χ1) is 12.1. The minimum absolute atomic E-state index is 0.231. The number of fused-ring (bicyclic) bond motifs is 1. The fourth-order valence-electron chi connectivity index (χ4n) is 3.60. The van der Waals surface area contributed by atoms with E-state index in [0.717, 1.165) is 38.5 Å². The molecule has 1 aromatic rings. The summed E-state index contributed by atoms with van der Waals surface area (Å²) in [4.78, 5) is 24.4. The third-order valence-electron chi connectivity index (χ3n) is 5.12. The van der Waals surface area contributed by atoms with E-state index in [2.05, 4.69) is 11.4 Å². The van der Waals surface area contributed by atoms with Crippen LogP contribution in [0.5, 0.6) is 0 Å². The van der Waals surface area contributed by atoms with Crippen LogP contribution in [0.25, 0.3) is 0 Å².